The molecule has 19 heavy (non-hydrogen) atoms. The molecule has 0 unspecified atom stereocenters. The quantitative estimate of drug-likeness (QED) is 0.777. The maximum Gasteiger partial charge on any atom is 0.261 e. The van der Waals surface area contributed by atoms with Crippen LogP contribution in [0.25, 0.3) is 11.5 Å². The van der Waals surface area contributed by atoms with Crippen molar-refractivity contribution in [1.82, 2.24) is 19.7 Å². The number of phenols is 1. The van der Waals surface area contributed by atoms with Crippen molar-refractivity contribution in [2.24, 2.45) is 0 Å². The minimum Gasteiger partial charge on any atom is -0.507 e. The Balaban J connectivity index is 1.94. The number of rotatable bonds is 3. The third-order valence-corrected chi connectivity index (χ3v) is 2.92. The van der Waals surface area contributed by atoms with Crippen LogP contribution >= 0.6 is 0 Å². The van der Waals surface area contributed by atoms with Crippen molar-refractivity contribution in [2.75, 3.05) is 0 Å². The Bertz CT molecular complexity index is 676. The van der Waals surface area contributed by atoms with Crippen LogP contribution in [0.3, 0.4) is 0 Å². The van der Waals surface area contributed by atoms with Gasteiger partial charge in [-0.25, -0.2) is 4.98 Å². The van der Waals surface area contributed by atoms with Crippen LogP contribution < -0.4 is 0 Å². The molecule has 2 heterocycles. The fraction of sp³-hybridized carbons (Fsp3) is 0.154. The van der Waals surface area contributed by atoms with Gasteiger partial charge in [0, 0.05) is 12.4 Å². The van der Waals surface area contributed by atoms with Crippen molar-refractivity contribution < 1.29 is 9.63 Å². The van der Waals surface area contributed by atoms with Crippen molar-refractivity contribution >= 4 is 0 Å². The zero-order valence-electron chi connectivity index (χ0n) is 10.3. The van der Waals surface area contributed by atoms with Crippen molar-refractivity contribution in [2.45, 2.75) is 13.0 Å². The zero-order chi connectivity index (χ0) is 13.2. The highest BCUT2D eigenvalue weighted by Gasteiger charge is 2.17. The predicted octanol–water partition coefficient (Wildman–Crippen LogP) is 2.25. The van der Waals surface area contributed by atoms with E-state index in [-0.39, 0.29) is 11.8 Å². The Hall–Kier alpha value is -2.63. The largest absolute Gasteiger partial charge is 0.507 e. The van der Waals surface area contributed by atoms with Gasteiger partial charge in [-0.05, 0) is 19.1 Å². The molecule has 0 spiro atoms. The summed E-state index contributed by atoms with van der Waals surface area (Å²) >= 11 is 0. The van der Waals surface area contributed by atoms with Gasteiger partial charge in [0.05, 0.1) is 17.9 Å². The number of para-hydroxylation sites is 1. The highest BCUT2D eigenvalue weighted by Crippen LogP contribution is 2.28. The number of imidazole rings is 1. The van der Waals surface area contributed by atoms with Crippen molar-refractivity contribution in [3.8, 4) is 17.2 Å². The molecule has 6 heteroatoms. The predicted molar refractivity (Wildman–Crippen MR) is 67.4 cm³/mol. The van der Waals surface area contributed by atoms with E-state index in [0.717, 1.165) is 0 Å². The highest BCUT2D eigenvalue weighted by molar-refractivity contribution is 5.61. The molecule has 1 atom stereocenters. The highest BCUT2D eigenvalue weighted by atomic mass is 16.5. The van der Waals surface area contributed by atoms with Crippen LogP contribution in [0.2, 0.25) is 0 Å². The maximum absolute atomic E-state index is 9.75. The normalized spacial score (nSPS) is 12.5. The average molecular weight is 256 g/mol. The second kappa shape index (κ2) is 4.56. The molecule has 3 rings (SSSR count). The van der Waals surface area contributed by atoms with Gasteiger partial charge in [0.25, 0.3) is 5.89 Å². The third-order valence-electron chi connectivity index (χ3n) is 2.92. The molecule has 0 amide bonds. The summed E-state index contributed by atoms with van der Waals surface area (Å²) in [6.45, 7) is 1.95. The molecule has 0 aliphatic heterocycles. The number of hydrogen-bond acceptors (Lipinski definition) is 5. The lowest BCUT2D eigenvalue weighted by atomic mass is 10.2. The van der Waals surface area contributed by atoms with Crippen LogP contribution in [0, 0.1) is 0 Å². The van der Waals surface area contributed by atoms with Gasteiger partial charge in [-0.1, -0.05) is 17.3 Å². The van der Waals surface area contributed by atoms with Crippen LogP contribution in [-0.2, 0) is 0 Å². The Morgan fingerprint density at radius 3 is 2.89 bits per heavy atom. The van der Waals surface area contributed by atoms with E-state index in [4.69, 9.17) is 4.52 Å². The first kappa shape index (κ1) is 11.5. The molecule has 6 nitrogen and oxygen atoms in total. The van der Waals surface area contributed by atoms with E-state index < -0.39 is 0 Å². The Labute approximate surface area is 109 Å². The van der Waals surface area contributed by atoms with Crippen LogP contribution in [0.1, 0.15) is 18.8 Å². The molecule has 0 radical (unpaired) electrons. The van der Waals surface area contributed by atoms with E-state index in [2.05, 4.69) is 15.1 Å². The zero-order valence-corrected chi connectivity index (χ0v) is 10.3. The minimum absolute atomic E-state index is 0.0779. The molecule has 96 valence electrons. The molecule has 0 fully saturated rings. The number of hydrogen-bond donors (Lipinski definition) is 1. The van der Waals surface area contributed by atoms with Crippen LogP contribution in [0.4, 0.5) is 0 Å². The SMILES string of the molecule is C[C@H](c1noc(-c2ccccc2O)n1)n1ccnc1. The topological polar surface area (TPSA) is 77.0 Å². The van der Waals surface area contributed by atoms with Gasteiger partial charge in [0.15, 0.2) is 5.82 Å². The van der Waals surface area contributed by atoms with Gasteiger partial charge in [-0.2, -0.15) is 4.98 Å². The first-order valence-corrected chi connectivity index (χ1v) is 5.85. The van der Waals surface area contributed by atoms with E-state index >= 15 is 0 Å². The van der Waals surface area contributed by atoms with E-state index in [9.17, 15) is 5.11 Å². The summed E-state index contributed by atoms with van der Waals surface area (Å²) < 4.78 is 7.07. The smallest absolute Gasteiger partial charge is 0.261 e. The molecular weight excluding hydrogens is 244 g/mol. The van der Waals surface area contributed by atoms with E-state index in [1.807, 2.05) is 17.7 Å². The second-order valence-electron chi connectivity index (χ2n) is 4.16. The van der Waals surface area contributed by atoms with Crippen LogP contribution in [0.5, 0.6) is 5.75 Å². The van der Waals surface area contributed by atoms with Gasteiger partial charge >= 0.3 is 0 Å². The third kappa shape index (κ3) is 2.08. The molecule has 0 aliphatic carbocycles. The number of aromatic hydroxyl groups is 1. The lowest BCUT2D eigenvalue weighted by Crippen LogP contribution is -2.06. The monoisotopic (exact) mass is 256 g/mol. The summed E-state index contributed by atoms with van der Waals surface area (Å²) in [5, 5.41) is 13.7. The summed E-state index contributed by atoms with van der Waals surface area (Å²) in [7, 11) is 0. The van der Waals surface area contributed by atoms with Gasteiger partial charge < -0.3 is 14.2 Å². The molecule has 0 bridgehead atoms. The van der Waals surface area contributed by atoms with E-state index in [1.165, 1.54) is 0 Å². The number of benzene rings is 1. The van der Waals surface area contributed by atoms with E-state index in [1.54, 1.807) is 36.8 Å². The van der Waals surface area contributed by atoms with Gasteiger partial charge in [-0.15, -0.1) is 0 Å². The molecule has 0 saturated heterocycles. The molecule has 0 aliphatic rings. The van der Waals surface area contributed by atoms with Crippen LogP contribution in [-0.4, -0.2) is 24.8 Å². The molecule has 1 N–H and O–H groups in total. The van der Waals surface area contributed by atoms with Crippen molar-refractivity contribution in [3.05, 3.63) is 48.8 Å². The van der Waals surface area contributed by atoms with Gasteiger partial charge in [0.1, 0.15) is 5.75 Å². The summed E-state index contributed by atoms with van der Waals surface area (Å²) in [4.78, 5) is 8.30. The molecule has 0 saturated carbocycles. The summed E-state index contributed by atoms with van der Waals surface area (Å²) in [6.07, 6.45) is 5.22. The summed E-state index contributed by atoms with van der Waals surface area (Å²) in [5.74, 6) is 0.962. The number of nitrogens with zero attached hydrogens (tertiary/aromatic N) is 4. The second-order valence-corrected chi connectivity index (χ2v) is 4.16. The molecule has 3 aromatic rings. The van der Waals surface area contributed by atoms with Gasteiger partial charge in [0.2, 0.25) is 0 Å². The number of aromatic nitrogens is 4. The van der Waals surface area contributed by atoms with Crippen LogP contribution in [0.15, 0.2) is 47.5 Å². The molecule has 1 aromatic carbocycles. The molecule has 2 aromatic heterocycles. The van der Waals surface area contributed by atoms with E-state index in [0.29, 0.717) is 17.3 Å². The maximum atomic E-state index is 9.75. The Morgan fingerprint density at radius 1 is 1.32 bits per heavy atom. The van der Waals surface area contributed by atoms with Gasteiger partial charge in [-0.3, -0.25) is 0 Å². The Kier molecular flexibility index (Phi) is 2.75. The first-order chi connectivity index (χ1) is 9.25. The Morgan fingerprint density at radius 2 is 2.16 bits per heavy atom. The number of phenolic OH excluding ortho intramolecular Hbond substituents is 1. The lowest BCUT2D eigenvalue weighted by molar-refractivity contribution is 0.408. The fourth-order valence-electron chi connectivity index (χ4n) is 1.80. The molecular formula is C13H12N4O2. The summed E-state index contributed by atoms with van der Waals surface area (Å²) in [6, 6.07) is 6.78. The fourth-order valence-corrected chi connectivity index (χ4v) is 1.80. The minimum atomic E-state index is -0.0779. The van der Waals surface area contributed by atoms with Crippen molar-refractivity contribution in [1.29, 1.82) is 0 Å². The van der Waals surface area contributed by atoms with Crippen molar-refractivity contribution in [3.63, 3.8) is 0 Å². The standard InChI is InChI=1S/C13H12N4O2/c1-9(17-7-6-14-8-17)12-15-13(19-16-12)10-4-2-3-5-11(10)18/h2-9,18H,1H3/t9-/m1/s1. The first-order valence-electron chi connectivity index (χ1n) is 5.85. The average Bonchev–Trinajstić information content (AvgIpc) is 3.10. The lowest BCUT2D eigenvalue weighted by Gasteiger charge is -2.06. The summed E-state index contributed by atoms with van der Waals surface area (Å²) in [5.41, 5.74) is 0.527.